The molecule has 0 aromatic carbocycles. The summed E-state index contributed by atoms with van der Waals surface area (Å²) in [6.07, 6.45) is 6.82. The lowest BCUT2D eigenvalue weighted by molar-refractivity contribution is -0.143. The average molecular weight is 213 g/mol. The van der Waals surface area contributed by atoms with Gasteiger partial charge in [0.2, 0.25) is 0 Å². The molecule has 1 saturated carbocycles. The second-order valence-corrected chi connectivity index (χ2v) is 4.42. The molecule has 1 rings (SSSR count). The summed E-state index contributed by atoms with van der Waals surface area (Å²) in [6, 6.07) is 0. The summed E-state index contributed by atoms with van der Waals surface area (Å²) in [5.74, 6) is -0.108. The molecule has 1 aliphatic carbocycles. The van der Waals surface area contributed by atoms with Gasteiger partial charge in [-0.1, -0.05) is 20.3 Å². The van der Waals surface area contributed by atoms with Gasteiger partial charge in [-0.25, -0.2) is 0 Å². The maximum atomic E-state index is 11.3. The van der Waals surface area contributed by atoms with E-state index in [1.807, 2.05) is 0 Å². The molecule has 0 unspecified atom stereocenters. The van der Waals surface area contributed by atoms with Crippen molar-refractivity contribution in [3.8, 4) is 0 Å². The smallest absolute Gasteiger partial charge is 0.319 e. The second kappa shape index (κ2) is 6.11. The van der Waals surface area contributed by atoms with Crippen LogP contribution in [0.15, 0.2) is 0 Å². The lowest BCUT2D eigenvalue weighted by Crippen LogP contribution is -2.52. The Hall–Kier alpha value is -0.570. The molecule has 15 heavy (non-hydrogen) atoms. The molecule has 0 radical (unpaired) electrons. The number of ether oxygens (including phenoxy) is 1. The van der Waals surface area contributed by atoms with E-state index in [0.717, 1.165) is 19.3 Å². The van der Waals surface area contributed by atoms with Crippen molar-refractivity contribution in [2.45, 2.75) is 57.9 Å². The van der Waals surface area contributed by atoms with Crippen molar-refractivity contribution in [2.24, 2.45) is 0 Å². The molecule has 0 bridgehead atoms. The summed E-state index contributed by atoms with van der Waals surface area (Å²) >= 11 is 0. The molecule has 1 fully saturated rings. The van der Waals surface area contributed by atoms with E-state index in [1.165, 1.54) is 19.3 Å². The second-order valence-electron chi connectivity index (χ2n) is 4.42. The average Bonchev–Trinajstić information content (AvgIpc) is 2.17. The van der Waals surface area contributed by atoms with Crippen LogP contribution >= 0.6 is 0 Å². The van der Waals surface area contributed by atoms with Gasteiger partial charge in [0, 0.05) is 5.54 Å². The van der Waals surface area contributed by atoms with Crippen LogP contribution in [-0.2, 0) is 9.53 Å². The number of esters is 1. The van der Waals surface area contributed by atoms with E-state index in [1.54, 1.807) is 0 Å². The van der Waals surface area contributed by atoms with Gasteiger partial charge in [-0.15, -0.1) is 0 Å². The van der Waals surface area contributed by atoms with Gasteiger partial charge in [-0.2, -0.15) is 0 Å². The summed E-state index contributed by atoms with van der Waals surface area (Å²) < 4.78 is 5.09. The molecule has 3 nitrogen and oxygen atoms in total. The van der Waals surface area contributed by atoms with Gasteiger partial charge >= 0.3 is 5.97 Å². The van der Waals surface area contributed by atoms with Gasteiger partial charge in [0.15, 0.2) is 0 Å². The molecule has 1 aliphatic rings. The Bertz CT molecular complexity index is 194. The summed E-state index contributed by atoms with van der Waals surface area (Å²) in [5, 5.41) is 3.33. The molecular formula is C12H23NO2. The lowest BCUT2D eigenvalue weighted by Gasteiger charge is -2.42. The maximum Gasteiger partial charge on any atom is 0.319 e. The fourth-order valence-electron chi connectivity index (χ4n) is 1.90. The Morgan fingerprint density at radius 2 is 2.13 bits per heavy atom. The van der Waals surface area contributed by atoms with Crippen molar-refractivity contribution in [1.29, 1.82) is 0 Å². The first-order valence-electron chi connectivity index (χ1n) is 6.13. The third kappa shape index (κ3) is 3.82. The molecule has 0 saturated heterocycles. The molecule has 3 heteroatoms. The SMILES string of the molecule is CCCCOC(=O)CNC1(CC)CCC1. The van der Waals surface area contributed by atoms with Gasteiger partial charge in [-0.3, -0.25) is 4.79 Å². The summed E-state index contributed by atoms with van der Waals surface area (Å²) in [4.78, 5) is 11.3. The number of hydrogen-bond acceptors (Lipinski definition) is 3. The molecule has 1 N–H and O–H groups in total. The minimum absolute atomic E-state index is 0.108. The van der Waals surface area contributed by atoms with Crippen LogP contribution in [-0.4, -0.2) is 24.7 Å². The van der Waals surface area contributed by atoms with Crippen molar-refractivity contribution in [3.05, 3.63) is 0 Å². The van der Waals surface area contributed by atoms with Gasteiger partial charge in [0.05, 0.1) is 13.2 Å². The highest BCUT2D eigenvalue weighted by Crippen LogP contribution is 2.34. The molecule has 0 aliphatic heterocycles. The largest absolute Gasteiger partial charge is 0.465 e. The highest BCUT2D eigenvalue weighted by Gasteiger charge is 2.34. The van der Waals surface area contributed by atoms with Gasteiger partial charge in [-0.05, 0) is 32.1 Å². The Morgan fingerprint density at radius 1 is 1.40 bits per heavy atom. The lowest BCUT2D eigenvalue weighted by atomic mass is 9.75. The normalized spacial score (nSPS) is 18.3. The van der Waals surface area contributed by atoms with Crippen LogP contribution in [0.4, 0.5) is 0 Å². The maximum absolute atomic E-state index is 11.3. The number of rotatable bonds is 7. The third-order valence-corrected chi connectivity index (χ3v) is 3.36. The molecule has 0 spiro atoms. The predicted molar refractivity (Wildman–Crippen MR) is 60.7 cm³/mol. The summed E-state index contributed by atoms with van der Waals surface area (Å²) in [5.41, 5.74) is 0.240. The van der Waals surface area contributed by atoms with Gasteiger partial charge in [0.25, 0.3) is 0 Å². The van der Waals surface area contributed by atoms with Crippen molar-refractivity contribution < 1.29 is 9.53 Å². The Morgan fingerprint density at radius 3 is 2.60 bits per heavy atom. The van der Waals surface area contributed by atoms with Crippen LogP contribution in [0.5, 0.6) is 0 Å². The van der Waals surface area contributed by atoms with E-state index < -0.39 is 0 Å². The van der Waals surface area contributed by atoms with E-state index in [4.69, 9.17) is 4.74 Å². The summed E-state index contributed by atoms with van der Waals surface area (Å²) in [7, 11) is 0. The molecule has 88 valence electrons. The van der Waals surface area contributed by atoms with Crippen LogP contribution in [0.1, 0.15) is 52.4 Å². The number of carbonyl (C=O) groups is 1. The first kappa shape index (κ1) is 12.5. The highest BCUT2D eigenvalue weighted by molar-refractivity contribution is 5.71. The number of hydrogen-bond donors (Lipinski definition) is 1. The van der Waals surface area contributed by atoms with Crippen LogP contribution < -0.4 is 5.32 Å². The minimum Gasteiger partial charge on any atom is -0.465 e. The van der Waals surface area contributed by atoms with E-state index >= 15 is 0 Å². The molecule has 0 atom stereocenters. The van der Waals surface area contributed by atoms with Crippen LogP contribution in [0.3, 0.4) is 0 Å². The molecule has 0 aromatic heterocycles. The van der Waals surface area contributed by atoms with E-state index in [-0.39, 0.29) is 11.5 Å². The fourth-order valence-corrected chi connectivity index (χ4v) is 1.90. The van der Waals surface area contributed by atoms with Gasteiger partial charge < -0.3 is 10.1 Å². The first-order chi connectivity index (χ1) is 7.22. The zero-order valence-electron chi connectivity index (χ0n) is 9.97. The standard InChI is InChI=1S/C12H23NO2/c1-3-5-9-15-11(14)10-13-12(4-2)7-6-8-12/h13H,3-10H2,1-2H3. The predicted octanol–water partition coefficient (Wildman–Crippen LogP) is 2.25. The molecule has 0 amide bonds. The number of carbonyl (C=O) groups excluding carboxylic acids is 1. The first-order valence-corrected chi connectivity index (χ1v) is 6.13. The van der Waals surface area contributed by atoms with Crippen LogP contribution in [0.25, 0.3) is 0 Å². The number of unbranched alkanes of at least 4 members (excludes halogenated alkanes) is 1. The quantitative estimate of drug-likeness (QED) is 0.520. The number of nitrogens with one attached hydrogen (secondary N) is 1. The fraction of sp³-hybridized carbons (Fsp3) is 0.917. The van der Waals surface area contributed by atoms with Crippen molar-refractivity contribution in [2.75, 3.05) is 13.2 Å². The molecule has 0 aromatic rings. The molecular weight excluding hydrogens is 190 g/mol. The van der Waals surface area contributed by atoms with Crippen molar-refractivity contribution >= 4 is 5.97 Å². The van der Waals surface area contributed by atoms with Gasteiger partial charge in [0.1, 0.15) is 0 Å². The third-order valence-electron chi connectivity index (χ3n) is 3.36. The van der Waals surface area contributed by atoms with E-state index in [2.05, 4.69) is 19.2 Å². The molecule has 0 heterocycles. The Kier molecular flexibility index (Phi) is 5.09. The topological polar surface area (TPSA) is 38.3 Å². The zero-order valence-corrected chi connectivity index (χ0v) is 9.97. The van der Waals surface area contributed by atoms with Crippen LogP contribution in [0.2, 0.25) is 0 Å². The van der Waals surface area contributed by atoms with E-state index in [0.29, 0.717) is 13.2 Å². The van der Waals surface area contributed by atoms with Crippen LogP contribution in [0, 0.1) is 0 Å². The summed E-state index contributed by atoms with van der Waals surface area (Å²) in [6.45, 7) is 5.20. The Balaban J connectivity index is 2.10. The minimum atomic E-state index is -0.108. The van der Waals surface area contributed by atoms with Crippen molar-refractivity contribution in [1.82, 2.24) is 5.32 Å². The zero-order chi connectivity index (χ0) is 11.1. The Labute approximate surface area is 92.6 Å². The highest BCUT2D eigenvalue weighted by atomic mass is 16.5. The van der Waals surface area contributed by atoms with E-state index in [9.17, 15) is 4.79 Å². The monoisotopic (exact) mass is 213 g/mol. The van der Waals surface area contributed by atoms with Crippen molar-refractivity contribution in [3.63, 3.8) is 0 Å².